The predicted octanol–water partition coefficient (Wildman–Crippen LogP) is 4.14. The van der Waals surface area contributed by atoms with Gasteiger partial charge >= 0.3 is 5.97 Å². The first-order valence-electron chi connectivity index (χ1n) is 9.71. The number of ether oxygens (including phenoxy) is 1. The molecule has 2 aromatic carbocycles. The van der Waals surface area contributed by atoms with E-state index in [2.05, 4.69) is 6.92 Å². The van der Waals surface area contributed by atoms with Gasteiger partial charge < -0.3 is 4.74 Å². The molecule has 0 spiro atoms. The lowest BCUT2D eigenvalue weighted by Gasteiger charge is -2.25. The molecule has 5 nitrogen and oxygen atoms in total. The molecule has 1 saturated carbocycles. The van der Waals surface area contributed by atoms with Gasteiger partial charge in [-0.2, -0.15) is 0 Å². The van der Waals surface area contributed by atoms with Crippen LogP contribution < -0.4 is 9.64 Å². The molecule has 1 aliphatic carbocycles. The molecule has 1 saturated heterocycles. The SMILES string of the molecule is Cc1ccc(C(=O)Oc2ccc(N3C(=O)[C@@H]4CC[C@@H](C)C[C@H]4C3=O)cc2)cc1. The van der Waals surface area contributed by atoms with Crippen molar-refractivity contribution < 1.29 is 19.1 Å². The van der Waals surface area contributed by atoms with Crippen molar-refractivity contribution in [2.75, 3.05) is 4.90 Å². The summed E-state index contributed by atoms with van der Waals surface area (Å²) in [6.07, 6.45) is 2.54. The van der Waals surface area contributed by atoms with Crippen molar-refractivity contribution in [1.82, 2.24) is 0 Å². The van der Waals surface area contributed by atoms with Crippen LogP contribution in [-0.2, 0) is 9.59 Å². The summed E-state index contributed by atoms with van der Waals surface area (Å²) in [5.74, 6) is -0.197. The summed E-state index contributed by atoms with van der Waals surface area (Å²) in [6, 6.07) is 13.7. The first-order valence-corrected chi connectivity index (χ1v) is 9.71. The van der Waals surface area contributed by atoms with Crippen molar-refractivity contribution in [3.63, 3.8) is 0 Å². The summed E-state index contributed by atoms with van der Waals surface area (Å²) in [6.45, 7) is 4.08. The summed E-state index contributed by atoms with van der Waals surface area (Å²) < 4.78 is 5.39. The highest BCUT2D eigenvalue weighted by Crippen LogP contribution is 2.42. The number of anilines is 1. The normalized spacial score (nSPS) is 24.2. The number of nitrogens with zero attached hydrogens (tertiary/aromatic N) is 1. The Kier molecular flexibility index (Phi) is 4.75. The largest absolute Gasteiger partial charge is 0.423 e. The van der Waals surface area contributed by atoms with E-state index in [4.69, 9.17) is 4.74 Å². The summed E-state index contributed by atoms with van der Waals surface area (Å²) in [4.78, 5) is 39.1. The first-order chi connectivity index (χ1) is 13.4. The predicted molar refractivity (Wildman–Crippen MR) is 105 cm³/mol. The molecule has 3 atom stereocenters. The molecule has 0 unspecified atom stereocenters. The van der Waals surface area contributed by atoms with Gasteiger partial charge in [0.05, 0.1) is 23.1 Å². The third-order valence-electron chi connectivity index (χ3n) is 5.78. The van der Waals surface area contributed by atoms with Crippen molar-refractivity contribution in [2.24, 2.45) is 17.8 Å². The van der Waals surface area contributed by atoms with Crippen LogP contribution in [0.3, 0.4) is 0 Å². The standard InChI is InChI=1S/C23H23NO4/c1-14-3-6-16(7-4-14)23(27)28-18-10-8-17(9-11-18)24-21(25)19-12-5-15(2)13-20(19)22(24)26/h3-4,6-11,15,19-20H,5,12-13H2,1-2H3/t15-,19-,20-/m1/s1. The molecule has 0 radical (unpaired) electrons. The first kappa shape index (κ1) is 18.4. The van der Waals surface area contributed by atoms with Crippen molar-refractivity contribution in [3.05, 3.63) is 59.7 Å². The van der Waals surface area contributed by atoms with Crippen LogP contribution in [-0.4, -0.2) is 17.8 Å². The Balaban J connectivity index is 1.49. The minimum atomic E-state index is -0.443. The van der Waals surface area contributed by atoms with E-state index in [1.807, 2.05) is 19.1 Å². The number of benzene rings is 2. The van der Waals surface area contributed by atoms with Crippen LogP contribution in [0, 0.1) is 24.7 Å². The summed E-state index contributed by atoms with van der Waals surface area (Å²) in [7, 11) is 0. The molecule has 2 aromatic rings. The van der Waals surface area contributed by atoms with Crippen LogP contribution >= 0.6 is 0 Å². The molecule has 28 heavy (non-hydrogen) atoms. The van der Waals surface area contributed by atoms with Gasteiger partial charge in [0.25, 0.3) is 0 Å². The van der Waals surface area contributed by atoms with Crippen LogP contribution in [0.15, 0.2) is 48.5 Å². The smallest absolute Gasteiger partial charge is 0.343 e. The zero-order chi connectivity index (χ0) is 19.8. The number of imide groups is 1. The van der Waals surface area contributed by atoms with Crippen molar-refractivity contribution in [1.29, 1.82) is 0 Å². The minimum absolute atomic E-state index is 0.105. The number of esters is 1. The molecule has 2 fully saturated rings. The maximum Gasteiger partial charge on any atom is 0.343 e. The third-order valence-corrected chi connectivity index (χ3v) is 5.78. The molecular formula is C23H23NO4. The lowest BCUT2D eigenvalue weighted by Crippen LogP contribution is -2.30. The maximum atomic E-state index is 12.8. The van der Waals surface area contributed by atoms with Crippen LogP contribution in [0.2, 0.25) is 0 Å². The number of rotatable bonds is 3. The van der Waals surface area contributed by atoms with Gasteiger partial charge in [0.2, 0.25) is 11.8 Å². The van der Waals surface area contributed by atoms with E-state index in [0.717, 1.165) is 24.8 Å². The number of hydrogen-bond acceptors (Lipinski definition) is 4. The molecule has 0 aromatic heterocycles. The monoisotopic (exact) mass is 377 g/mol. The van der Waals surface area contributed by atoms with Crippen LogP contribution in [0.5, 0.6) is 5.75 Å². The Morgan fingerprint density at radius 1 is 0.929 bits per heavy atom. The Morgan fingerprint density at radius 3 is 2.25 bits per heavy atom. The number of hydrogen-bond donors (Lipinski definition) is 0. The Labute approximate surface area is 164 Å². The van der Waals surface area contributed by atoms with E-state index in [1.165, 1.54) is 4.90 Å². The number of amides is 2. The third kappa shape index (κ3) is 3.33. The highest BCUT2D eigenvalue weighted by atomic mass is 16.5. The molecule has 2 aliphatic rings. The summed E-state index contributed by atoms with van der Waals surface area (Å²) >= 11 is 0. The number of fused-ring (bicyclic) bond motifs is 1. The number of aryl methyl sites for hydroxylation is 1. The van der Waals surface area contributed by atoms with Crippen molar-refractivity contribution >= 4 is 23.5 Å². The summed E-state index contributed by atoms with van der Waals surface area (Å²) in [5.41, 5.74) is 2.07. The zero-order valence-electron chi connectivity index (χ0n) is 16.1. The molecule has 0 bridgehead atoms. The number of carbonyl (C=O) groups excluding carboxylic acids is 3. The van der Waals surface area contributed by atoms with Gasteiger partial charge in [-0.15, -0.1) is 0 Å². The van der Waals surface area contributed by atoms with E-state index in [1.54, 1.807) is 36.4 Å². The maximum absolute atomic E-state index is 12.8. The van der Waals surface area contributed by atoms with Gasteiger partial charge in [0.1, 0.15) is 5.75 Å². The van der Waals surface area contributed by atoms with E-state index in [-0.39, 0.29) is 23.7 Å². The second kappa shape index (κ2) is 7.23. The lowest BCUT2D eigenvalue weighted by molar-refractivity contribution is -0.122. The molecule has 5 heteroatoms. The van der Waals surface area contributed by atoms with Gasteiger partial charge in [0, 0.05) is 0 Å². The van der Waals surface area contributed by atoms with Crippen LogP contribution in [0.4, 0.5) is 5.69 Å². The van der Waals surface area contributed by atoms with Gasteiger partial charge in [0.15, 0.2) is 0 Å². The fourth-order valence-corrected chi connectivity index (χ4v) is 4.16. The van der Waals surface area contributed by atoms with Gasteiger partial charge in [-0.25, -0.2) is 4.79 Å². The zero-order valence-corrected chi connectivity index (χ0v) is 16.1. The van der Waals surface area contributed by atoms with Crippen molar-refractivity contribution in [3.8, 4) is 5.75 Å². The molecular weight excluding hydrogens is 354 g/mol. The quantitative estimate of drug-likeness (QED) is 0.458. The van der Waals surface area contributed by atoms with Gasteiger partial charge in [-0.05, 0) is 68.5 Å². The number of carbonyl (C=O) groups is 3. The lowest BCUT2D eigenvalue weighted by atomic mass is 9.76. The highest BCUT2D eigenvalue weighted by Gasteiger charge is 2.49. The molecule has 144 valence electrons. The average Bonchev–Trinajstić information content (AvgIpc) is 2.93. The molecule has 4 rings (SSSR count). The van der Waals surface area contributed by atoms with Crippen molar-refractivity contribution in [2.45, 2.75) is 33.1 Å². The second-order valence-corrected chi connectivity index (χ2v) is 7.89. The topological polar surface area (TPSA) is 63.7 Å². The fourth-order valence-electron chi connectivity index (χ4n) is 4.16. The molecule has 2 amide bonds. The molecule has 1 aliphatic heterocycles. The van der Waals surface area contributed by atoms with Crippen LogP contribution in [0.25, 0.3) is 0 Å². The fraction of sp³-hybridized carbons (Fsp3) is 0.348. The van der Waals surface area contributed by atoms with Gasteiger partial charge in [-0.1, -0.05) is 24.6 Å². The van der Waals surface area contributed by atoms with E-state index >= 15 is 0 Å². The van der Waals surface area contributed by atoms with Gasteiger partial charge in [-0.3, -0.25) is 14.5 Å². The van der Waals surface area contributed by atoms with E-state index in [9.17, 15) is 14.4 Å². The van der Waals surface area contributed by atoms with E-state index in [0.29, 0.717) is 22.9 Å². The Hall–Kier alpha value is -2.95. The van der Waals surface area contributed by atoms with Crippen LogP contribution in [0.1, 0.15) is 42.1 Å². The average molecular weight is 377 g/mol. The molecule has 1 heterocycles. The second-order valence-electron chi connectivity index (χ2n) is 7.89. The Morgan fingerprint density at radius 2 is 1.57 bits per heavy atom. The molecule has 0 N–H and O–H groups in total. The van der Waals surface area contributed by atoms with E-state index < -0.39 is 5.97 Å². The highest BCUT2D eigenvalue weighted by molar-refractivity contribution is 6.22. The minimum Gasteiger partial charge on any atom is -0.423 e. The summed E-state index contributed by atoms with van der Waals surface area (Å²) in [5, 5.41) is 0. The Bertz CT molecular complexity index is 917.